The first kappa shape index (κ1) is 17.5. The highest BCUT2D eigenvalue weighted by atomic mass is 32.1. The Morgan fingerprint density at radius 1 is 0.520 bits per heavy atom. The predicted octanol–water partition coefficient (Wildman–Crippen LogP) is 7.51. The van der Waals surface area contributed by atoms with Crippen LogP contribution in [0.3, 0.4) is 0 Å². The summed E-state index contributed by atoms with van der Waals surface area (Å²) < 4.78 is 0. The molecular weight excluding hydrogens is 340 g/mol. The molecule has 0 saturated heterocycles. The summed E-state index contributed by atoms with van der Waals surface area (Å²) in [6, 6.07) is 4.80. The largest absolute Gasteiger partial charge is 0.149 e. The molecule has 0 radical (unpaired) electrons. The zero-order chi connectivity index (χ0) is 16.9. The van der Waals surface area contributed by atoms with Gasteiger partial charge >= 0.3 is 0 Å². The van der Waals surface area contributed by atoms with Crippen LogP contribution >= 0.6 is 22.7 Å². The minimum absolute atomic E-state index is 1.24. The van der Waals surface area contributed by atoms with Gasteiger partial charge < -0.3 is 0 Å². The van der Waals surface area contributed by atoms with E-state index in [1.165, 1.54) is 83.5 Å². The van der Waals surface area contributed by atoms with Crippen LogP contribution in [0.5, 0.6) is 0 Å². The van der Waals surface area contributed by atoms with Crippen LogP contribution in [0.15, 0.2) is 34.0 Å². The fraction of sp³-hybridized carbons (Fsp3) is 0.565. The van der Waals surface area contributed by atoms with Gasteiger partial charge in [-0.1, -0.05) is 24.0 Å². The molecule has 0 nitrogen and oxygen atoms in total. The van der Waals surface area contributed by atoms with Crippen molar-refractivity contribution in [2.45, 2.75) is 83.5 Å². The number of fused-ring (bicyclic) bond motifs is 2. The first-order valence-corrected chi connectivity index (χ1v) is 12.0. The molecule has 2 aromatic heterocycles. The molecule has 0 amide bonds. The molecule has 4 rings (SSSR count). The van der Waals surface area contributed by atoms with E-state index in [2.05, 4.69) is 22.9 Å². The highest BCUT2D eigenvalue weighted by Crippen LogP contribution is 2.33. The molecule has 0 N–H and O–H groups in total. The number of hydrogen-bond acceptors (Lipinski definition) is 2. The fourth-order valence-electron chi connectivity index (χ4n) is 4.54. The van der Waals surface area contributed by atoms with Crippen molar-refractivity contribution in [1.82, 2.24) is 0 Å². The van der Waals surface area contributed by atoms with Gasteiger partial charge in [-0.15, -0.1) is 22.7 Å². The van der Waals surface area contributed by atoms with Gasteiger partial charge in [0, 0.05) is 9.75 Å². The van der Waals surface area contributed by atoms with Gasteiger partial charge in [-0.25, -0.2) is 0 Å². The number of allylic oxidation sites excluding steroid dienone is 2. The fourth-order valence-corrected chi connectivity index (χ4v) is 6.47. The highest BCUT2D eigenvalue weighted by Gasteiger charge is 2.16. The van der Waals surface area contributed by atoms with E-state index in [0.29, 0.717) is 0 Å². The molecule has 0 atom stereocenters. The van der Waals surface area contributed by atoms with Crippen LogP contribution in [0.25, 0.3) is 0 Å². The summed E-state index contributed by atoms with van der Waals surface area (Å²) in [7, 11) is 0. The molecule has 2 aliphatic carbocycles. The molecule has 0 aliphatic heterocycles. The Bertz CT molecular complexity index is 716. The van der Waals surface area contributed by atoms with Crippen LogP contribution in [0, 0.1) is 0 Å². The summed E-state index contributed by atoms with van der Waals surface area (Å²) in [6.45, 7) is 0. The molecule has 2 heterocycles. The lowest BCUT2D eigenvalue weighted by atomic mass is 9.87. The van der Waals surface area contributed by atoms with Crippen LogP contribution in [0.4, 0.5) is 0 Å². The van der Waals surface area contributed by atoms with Crippen molar-refractivity contribution < 1.29 is 0 Å². The van der Waals surface area contributed by atoms with Gasteiger partial charge in [0.2, 0.25) is 0 Å². The topological polar surface area (TPSA) is 0 Å². The molecule has 0 aromatic carbocycles. The molecule has 134 valence electrons. The van der Waals surface area contributed by atoms with Crippen LogP contribution in [-0.2, 0) is 25.7 Å². The van der Waals surface area contributed by atoms with Crippen LogP contribution in [0.2, 0.25) is 0 Å². The third-order valence-electron chi connectivity index (χ3n) is 6.04. The number of hydrogen-bond donors (Lipinski definition) is 0. The highest BCUT2D eigenvalue weighted by molar-refractivity contribution is 7.10. The van der Waals surface area contributed by atoms with E-state index in [1.54, 1.807) is 26.5 Å². The maximum absolute atomic E-state index is 2.40. The van der Waals surface area contributed by atoms with E-state index in [9.17, 15) is 0 Å². The van der Waals surface area contributed by atoms with Crippen molar-refractivity contribution in [3.63, 3.8) is 0 Å². The van der Waals surface area contributed by atoms with Crippen molar-refractivity contribution in [1.29, 1.82) is 0 Å². The van der Waals surface area contributed by atoms with Gasteiger partial charge in [0.15, 0.2) is 0 Å². The SMILES string of the molecule is c1cc2c(s1)CCCCCC/C(=C1/CCCCc3sccc3C1)CC2. The first-order valence-electron chi connectivity index (χ1n) is 10.2. The Morgan fingerprint density at radius 3 is 1.96 bits per heavy atom. The Labute approximate surface area is 161 Å². The lowest BCUT2D eigenvalue weighted by molar-refractivity contribution is 0.628. The quantitative estimate of drug-likeness (QED) is 0.421. The Balaban J connectivity index is 1.59. The first-order chi connectivity index (χ1) is 12.4. The molecule has 0 bridgehead atoms. The molecule has 25 heavy (non-hydrogen) atoms. The lowest BCUT2D eigenvalue weighted by Crippen LogP contribution is -2.04. The maximum atomic E-state index is 2.40. The lowest BCUT2D eigenvalue weighted by Gasteiger charge is -2.19. The van der Waals surface area contributed by atoms with Gasteiger partial charge in [0.25, 0.3) is 0 Å². The second-order valence-corrected chi connectivity index (χ2v) is 9.74. The Kier molecular flexibility index (Phi) is 6.10. The van der Waals surface area contributed by atoms with Crippen molar-refractivity contribution in [3.8, 4) is 0 Å². The average Bonchev–Trinajstić information content (AvgIpc) is 3.21. The predicted molar refractivity (Wildman–Crippen MR) is 112 cm³/mol. The number of aryl methyl sites for hydroxylation is 3. The third-order valence-corrected chi connectivity index (χ3v) is 8.09. The number of rotatable bonds is 0. The molecule has 0 fully saturated rings. The van der Waals surface area contributed by atoms with Crippen molar-refractivity contribution in [3.05, 3.63) is 54.9 Å². The Morgan fingerprint density at radius 2 is 1.12 bits per heavy atom. The van der Waals surface area contributed by atoms with E-state index in [0.717, 1.165) is 0 Å². The molecular formula is C23H30S2. The second-order valence-electron chi connectivity index (χ2n) is 7.74. The molecule has 2 aliphatic rings. The number of thiophene rings is 2. The smallest absolute Gasteiger partial charge is 0.00804 e. The molecule has 0 saturated carbocycles. The summed E-state index contributed by atoms with van der Waals surface area (Å²) in [6.07, 6.45) is 17.5. The van der Waals surface area contributed by atoms with Crippen molar-refractivity contribution in [2.24, 2.45) is 0 Å². The van der Waals surface area contributed by atoms with Crippen LogP contribution in [0.1, 0.15) is 78.7 Å². The van der Waals surface area contributed by atoms with E-state index >= 15 is 0 Å². The monoisotopic (exact) mass is 370 g/mol. The summed E-state index contributed by atoms with van der Waals surface area (Å²) in [5.41, 5.74) is 6.90. The summed E-state index contributed by atoms with van der Waals surface area (Å²) in [5, 5.41) is 4.63. The van der Waals surface area contributed by atoms with Crippen molar-refractivity contribution in [2.75, 3.05) is 0 Å². The third kappa shape index (κ3) is 4.46. The van der Waals surface area contributed by atoms with Crippen LogP contribution in [-0.4, -0.2) is 0 Å². The van der Waals surface area contributed by atoms with Crippen LogP contribution < -0.4 is 0 Å². The minimum Gasteiger partial charge on any atom is -0.149 e. The average molecular weight is 371 g/mol. The van der Waals surface area contributed by atoms with Gasteiger partial charge in [0.05, 0.1) is 0 Å². The minimum atomic E-state index is 1.24. The van der Waals surface area contributed by atoms with Gasteiger partial charge in [-0.2, -0.15) is 0 Å². The molecule has 0 unspecified atom stereocenters. The molecule has 2 aromatic rings. The summed E-state index contributed by atoms with van der Waals surface area (Å²) >= 11 is 3.97. The van der Waals surface area contributed by atoms with Gasteiger partial charge in [0.1, 0.15) is 0 Å². The standard InChI is InChI=1S/C23H30S2/c1-2-4-9-22-19(13-15-24-22)12-11-18(7-3-1)20-8-5-6-10-23-21(17-20)14-16-25-23/h13-16H,1-12,17H2/b20-18+. The maximum Gasteiger partial charge on any atom is 0.00804 e. The van der Waals surface area contributed by atoms with Gasteiger partial charge in [-0.3, -0.25) is 0 Å². The molecule has 0 spiro atoms. The van der Waals surface area contributed by atoms with E-state index < -0.39 is 0 Å². The summed E-state index contributed by atoms with van der Waals surface area (Å²) in [5.74, 6) is 0. The second kappa shape index (κ2) is 8.68. The van der Waals surface area contributed by atoms with Crippen molar-refractivity contribution >= 4 is 22.7 Å². The van der Waals surface area contributed by atoms with E-state index in [1.807, 2.05) is 28.2 Å². The Hall–Kier alpha value is -0.860. The molecule has 2 heteroatoms. The zero-order valence-corrected chi connectivity index (χ0v) is 17.0. The van der Waals surface area contributed by atoms with E-state index in [-0.39, 0.29) is 0 Å². The normalized spacial score (nSPS) is 23.0. The summed E-state index contributed by atoms with van der Waals surface area (Å²) in [4.78, 5) is 3.33. The van der Waals surface area contributed by atoms with Gasteiger partial charge in [-0.05, 0) is 105 Å². The zero-order valence-electron chi connectivity index (χ0n) is 15.3. The van der Waals surface area contributed by atoms with E-state index in [4.69, 9.17) is 0 Å².